The molecule has 2 N–H and O–H groups in total. The van der Waals surface area contributed by atoms with Crippen LogP contribution in [0.5, 0.6) is 0 Å². The van der Waals surface area contributed by atoms with E-state index in [0.717, 1.165) is 18.7 Å². The van der Waals surface area contributed by atoms with E-state index in [1.165, 1.54) is 17.8 Å². The molecule has 5 nitrogen and oxygen atoms in total. The second kappa shape index (κ2) is 4.56. The number of hydrogen-bond donors (Lipinski definition) is 1. The fourth-order valence-electron chi connectivity index (χ4n) is 1.69. The smallest absolute Gasteiger partial charge is 0.161 e. The molecule has 0 spiro atoms. The lowest BCUT2D eigenvalue weighted by molar-refractivity contribution is 0.592. The van der Waals surface area contributed by atoms with Crippen molar-refractivity contribution in [3.8, 4) is 0 Å². The van der Waals surface area contributed by atoms with Gasteiger partial charge in [-0.1, -0.05) is 0 Å². The predicted molar refractivity (Wildman–Crippen MR) is 66.5 cm³/mol. The topological polar surface area (TPSA) is 69.6 Å². The second-order valence-corrected chi connectivity index (χ2v) is 5.27. The van der Waals surface area contributed by atoms with Gasteiger partial charge in [0.1, 0.15) is 5.82 Å². The highest BCUT2D eigenvalue weighted by atomic mass is 32.2. The molecule has 1 heterocycles. The average molecular weight is 265 g/mol. The lowest BCUT2D eigenvalue weighted by atomic mass is 10.3. The number of thioether (sulfide) groups is 1. The van der Waals surface area contributed by atoms with E-state index in [1.807, 2.05) is 4.68 Å². The molecule has 0 unspecified atom stereocenters. The van der Waals surface area contributed by atoms with E-state index in [1.54, 1.807) is 12.1 Å². The van der Waals surface area contributed by atoms with E-state index in [0.29, 0.717) is 22.4 Å². The number of rotatable bonds is 4. The summed E-state index contributed by atoms with van der Waals surface area (Å²) in [6.07, 6.45) is 2.25. The van der Waals surface area contributed by atoms with Crippen LogP contribution in [0.1, 0.15) is 24.7 Å². The Bertz CT molecular complexity index is 566. The number of tetrazole rings is 1. The fraction of sp³-hybridized carbons (Fsp3) is 0.364. The summed E-state index contributed by atoms with van der Waals surface area (Å²) in [6.45, 7) is 0. The summed E-state index contributed by atoms with van der Waals surface area (Å²) < 4.78 is 15.4. The summed E-state index contributed by atoms with van der Waals surface area (Å²) in [7, 11) is 0. The number of hydrogen-bond acceptors (Lipinski definition) is 5. The van der Waals surface area contributed by atoms with Crippen LogP contribution >= 0.6 is 11.8 Å². The molecule has 1 aliphatic carbocycles. The molecule has 0 aliphatic heterocycles. The normalized spacial score (nSPS) is 14.9. The van der Waals surface area contributed by atoms with Gasteiger partial charge in [0.15, 0.2) is 5.82 Å². The Morgan fingerprint density at radius 3 is 3.00 bits per heavy atom. The number of nitrogens with two attached hydrogens (primary N) is 1. The van der Waals surface area contributed by atoms with Crippen molar-refractivity contribution in [2.75, 3.05) is 5.73 Å². The van der Waals surface area contributed by atoms with Gasteiger partial charge in [0.2, 0.25) is 0 Å². The van der Waals surface area contributed by atoms with Crippen LogP contribution in [0.25, 0.3) is 0 Å². The molecule has 1 aliphatic rings. The van der Waals surface area contributed by atoms with Gasteiger partial charge in [-0.05, 0) is 41.5 Å². The van der Waals surface area contributed by atoms with E-state index >= 15 is 0 Å². The van der Waals surface area contributed by atoms with Gasteiger partial charge in [-0.2, -0.15) is 0 Å². The molecule has 0 bridgehead atoms. The van der Waals surface area contributed by atoms with Crippen molar-refractivity contribution in [3.63, 3.8) is 0 Å². The Hall–Kier alpha value is -1.63. The second-order valence-electron chi connectivity index (χ2n) is 4.25. The van der Waals surface area contributed by atoms with Crippen LogP contribution in [0.15, 0.2) is 23.1 Å². The molecule has 7 heteroatoms. The molecule has 3 rings (SSSR count). The van der Waals surface area contributed by atoms with Gasteiger partial charge in [0, 0.05) is 10.6 Å². The summed E-state index contributed by atoms with van der Waals surface area (Å²) in [5, 5.41) is 11.6. The SMILES string of the molecule is Nc1ccc(SCc2nnnn2C2CC2)c(F)c1. The maximum atomic E-state index is 13.6. The summed E-state index contributed by atoms with van der Waals surface area (Å²) in [5.74, 6) is 1.05. The zero-order valence-electron chi connectivity index (χ0n) is 9.58. The van der Waals surface area contributed by atoms with E-state index in [9.17, 15) is 4.39 Å². The maximum Gasteiger partial charge on any atom is 0.161 e. The largest absolute Gasteiger partial charge is 0.399 e. The van der Waals surface area contributed by atoms with Crippen molar-refractivity contribution in [1.82, 2.24) is 20.2 Å². The lowest BCUT2D eigenvalue weighted by Gasteiger charge is -2.04. The molecule has 1 aromatic heterocycles. The summed E-state index contributed by atoms with van der Waals surface area (Å²) in [6, 6.07) is 5.13. The van der Waals surface area contributed by atoms with E-state index in [4.69, 9.17) is 5.73 Å². The Morgan fingerprint density at radius 2 is 2.28 bits per heavy atom. The van der Waals surface area contributed by atoms with Crippen molar-refractivity contribution < 1.29 is 4.39 Å². The predicted octanol–water partition coefficient (Wildman–Crippen LogP) is 2.02. The van der Waals surface area contributed by atoms with Gasteiger partial charge in [-0.3, -0.25) is 0 Å². The van der Waals surface area contributed by atoms with Crippen LogP contribution in [0.3, 0.4) is 0 Å². The van der Waals surface area contributed by atoms with Crippen molar-refractivity contribution in [2.24, 2.45) is 0 Å². The minimum atomic E-state index is -0.301. The third-order valence-corrected chi connectivity index (χ3v) is 3.81. The molecule has 1 aromatic carbocycles. The van der Waals surface area contributed by atoms with Crippen molar-refractivity contribution >= 4 is 17.4 Å². The zero-order chi connectivity index (χ0) is 12.5. The monoisotopic (exact) mass is 265 g/mol. The standard InChI is InChI=1S/C11H12FN5S/c12-9-5-7(13)1-4-10(9)18-6-11-14-15-16-17(11)8-2-3-8/h1,4-5,8H,2-3,6,13H2. The average Bonchev–Trinajstić information content (AvgIpc) is 3.08. The number of nitrogens with zero attached hydrogens (tertiary/aromatic N) is 4. The third kappa shape index (κ3) is 2.31. The molecule has 1 saturated carbocycles. The third-order valence-electron chi connectivity index (χ3n) is 2.77. The highest BCUT2D eigenvalue weighted by Crippen LogP contribution is 2.35. The quantitative estimate of drug-likeness (QED) is 0.676. The minimum absolute atomic E-state index is 0.301. The molecule has 1 fully saturated rings. The van der Waals surface area contributed by atoms with Gasteiger partial charge in [-0.25, -0.2) is 9.07 Å². The lowest BCUT2D eigenvalue weighted by Crippen LogP contribution is -2.02. The first-order valence-corrected chi connectivity index (χ1v) is 6.67. The molecule has 0 amide bonds. The fourth-order valence-corrected chi connectivity index (χ4v) is 2.52. The summed E-state index contributed by atoms with van der Waals surface area (Å²) in [5.41, 5.74) is 5.93. The molecule has 2 aromatic rings. The number of halogens is 1. The van der Waals surface area contributed by atoms with E-state index in [-0.39, 0.29) is 5.82 Å². The number of benzene rings is 1. The minimum Gasteiger partial charge on any atom is -0.399 e. The summed E-state index contributed by atoms with van der Waals surface area (Å²) >= 11 is 1.38. The van der Waals surface area contributed by atoms with E-state index in [2.05, 4.69) is 15.5 Å². The number of nitrogen functional groups attached to an aromatic ring is 1. The van der Waals surface area contributed by atoms with Gasteiger partial charge in [0.05, 0.1) is 11.8 Å². The highest BCUT2D eigenvalue weighted by molar-refractivity contribution is 7.98. The molecule has 18 heavy (non-hydrogen) atoms. The number of aromatic nitrogens is 4. The molecule has 0 atom stereocenters. The highest BCUT2D eigenvalue weighted by Gasteiger charge is 2.27. The maximum absolute atomic E-state index is 13.6. The number of anilines is 1. The first-order valence-electron chi connectivity index (χ1n) is 5.68. The van der Waals surface area contributed by atoms with Gasteiger partial charge >= 0.3 is 0 Å². The Morgan fingerprint density at radius 1 is 1.44 bits per heavy atom. The van der Waals surface area contributed by atoms with Crippen LogP contribution in [0.2, 0.25) is 0 Å². The Labute approximate surface area is 108 Å². The molecular weight excluding hydrogens is 253 g/mol. The van der Waals surface area contributed by atoms with Crippen molar-refractivity contribution in [2.45, 2.75) is 29.5 Å². The molecule has 0 radical (unpaired) electrons. The van der Waals surface area contributed by atoms with Gasteiger partial charge < -0.3 is 5.73 Å². The zero-order valence-corrected chi connectivity index (χ0v) is 10.4. The first-order chi connectivity index (χ1) is 8.74. The van der Waals surface area contributed by atoms with Crippen molar-refractivity contribution in [1.29, 1.82) is 0 Å². The molecule has 94 valence electrons. The van der Waals surface area contributed by atoms with Gasteiger partial charge in [-0.15, -0.1) is 16.9 Å². The summed E-state index contributed by atoms with van der Waals surface area (Å²) in [4.78, 5) is 0.564. The van der Waals surface area contributed by atoms with Gasteiger partial charge in [0.25, 0.3) is 0 Å². The van der Waals surface area contributed by atoms with Crippen LogP contribution in [0.4, 0.5) is 10.1 Å². The Kier molecular flexibility index (Phi) is 2.91. The van der Waals surface area contributed by atoms with E-state index < -0.39 is 0 Å². The van der Waals surface area contributed by atoms with Crippen LogP contribution < -0.4 is 5.73 Å². The molecular formula is C11H12FN5S. The molecule has 0 saturated heterocycles. The van der Waals surface area contributed by atoms with Crippen LogP contribution in [-0.2, 0) is 5.75 Å². The van der Waals surface area contributed by atoms with Crippen molar-refractivity contribution in [3.05, 3.63) is 29.8 Å². The Balaban J connectivity index is 1.71. The van der Waals surface area contributed by atoms with Crippen LogP contribution in [-0.4, -0.2) is 20.2 Å². The first kappa shape index (κ1) is 11.5. The van der Waals surface area contributed by atoms with Crippen LogP contribution in [0, 0.1) is 5.82 Å².